The number of aromatic nitrogens is 3. The smallest absolute Gasteiger partial charge is 0.267 e. The molecule has 2 aromatic heterocycles. The first-order valence-electron chi connectivity index (χ1n) is 14.6. The van der Waals surface area contributed by atoms with Gasteiger partial charge in [-0.05, 0) is 69.1 Å². The van der Waals surface area contributed by atoms with Crippen molar-refractivity contribution in [3.63, 3.8) is 0 Å². The summed E-state index contributed by atoms with van der Waals surface area (Å²) < 4.78 is 96.7. The van der Waals surface area contributed by atoms with Gasteiger partial charge in [-0.3, -0.25) is 4.72 Å². The standard InChI is InChI=1S/C30H31F3N6O4S3/c1-30(11-14-34-15-12-30)28-38-25(26(44-28)23-8-13-35-29(37-23)36-18-9-16-45(40,41)17-10-18)19-4-2-7-22(24(19)33)39-46(42,43)27-20(31)5-3-6-21(27)32/h2-8,13,18,34,39H,9-12,14-17H2,1H3,(H,35,36,37). The van der Waals surface area contributed by atoms with Gasteiger partial charge in [-0.15, -0.1) is 11.3 Å². The normalized spacial score (nSPS) is 18.3. The van der Waals surface area contributed by atoms with Crippen LogP contribution in [0.5, 0.6) is 0 Å². The molecule has 0 aliphatic carbocycles. The second-order valence-electron chi connectivity index (χ2n) is 11.7. The van der Waals surface area contributed by atoms with Crippen molar-refractivity contribution in [2.75, 3.05) is 34.6 Å². The molecule has 2 aliphatic rings. The molecule has 0 saturated carbocycles. The van der Waals surface area contributed by atoms with Crippen molar-refractivity contribution in [2.45, 2.75) is 49.0 Å². The van der Waals surface area contributed by atoms with E-state index in [-0.39, 0.29) is 40.2 Å². The van der Waals surface area contributed by atoms with Gasteiger partial charge in [0.25, 0.3) is 10.0 Å². The molecule has 2 aromatic carbocycles. The van der Waals surface area contributed by atoms with E-state index in [0.29, 0.717) is 23.4 Å². The summed E-state index contributed by atoms with van der Waals surface area (Å²) >= 11 is 1.36. The Morgan fingerprint density at radius 3 is 2.35 bits per heavy atom. The molecule has 0 radical (unpaired) electrons. The zero-order chi connectivity index (χ0) is 32.7. The minimum atomic E-state index is -4.84. The Balaban J connectivity index is 1.40. The minimum Gasteiger partial charge on any atom is -0.351 e. The molecule has 4 heterocycles. The van der Waals surface area contributed by atoms with Crippen LogP contribution >= 0.6 is 11.3 Å². The monoisotopic (exact) mass is 692 g/mol. The van der Waals surface area contributed by atoms with E-state index in [2.05, 4.69) is 27.5 Å². The quantitative estimate of drug-likeness (QED) is 0.230. The molecular formula is C30H31F3N6O4S3. The molecule has 4 aromatic rings. The number of sulfonamides is 1. The number of benzene rings is 2. The number of hydrogen-bond donors (Lipinski definition) is 3. The predicted molar refractivity (Wildman–Crippen MR) is 170 cm³/mol. The third-order valence-electron chi connectivity index (χ3n) is 8.31. The van der Waals surface area contributed by atoms with Crippen LogP contribution in [0.1, 0.15) is 37.6 Å². The number of nitrogens with zero attached hydrogens (tertiary/aromatic N) is 3. The highest BCUT2D eigenvalue weighted by Gasteiger charge is 2.35. The molecule has 2 saturated heterocycles. The Bertz CT molecular complexity index is 1970. The number of thiazole rings is 1. The van der Waals surface area contributed by atoms with Gasteiger partial charge in [0.05, 0.1) is 38.5 Å². The van der Waals surface area contributed by atoms with Gasteiger partial charge in [-0.1, -0.05) is 19.1 Å². The number of sulfone groups is 1. The molecule has 46 heavy (non-hydrogen) atoms. The van der Waals surface area contributed by atoms with Crippen molar-refractivity contribution in [3.05, 3.63) is 71.1 Å². The lowest BCUT2D eigenvalue weighted by atomic mass is 9.82. The zero-order valence-electron chi connectivity index (χ0n) is 24.7. The summed E-state index contributed by atoms with van der Waals surface area (Å²) in [6.07, 6.45) is 3.96. The summed E-state index contributed by atoms with van der Waals surface area (Å²) in [5, 5.41) is 7.30. The molecular weight excluding hydrogens is 662 g/mol. The van der Waals surface area contributed by atoms with Crippen LogP contribution in [0.25, 0.3) is 21.8 Å². The van der Waals surface area contributed by atoms with Crippen LogP contribution in [0.3, 0.4) is 0 Å². The maximum Gasteiger partial charge on any atom is 0.267 e. The van der Waals surface area contributed by atoms with Crippen molar-refractivity contribution in [1.29, 1.82) is 0 Å². The van der Waals surface area contributed by atoms with E-state index < -0.39 is 47.9 Å². The highest BCUT2D eigenvalue weighted by Crippen LogP contribution is 2.44. The third kappa shape index (κ3) is 6.61. The molecule has 2 fully saturated rings. The zero-order valence-corrected chi connectivity index (χ0v) is 27.1. The largest absolute Gasteiger partial charge is 0.351 e. The van der Waals surface area contributed by atoms with Crippen LogP contribution < -0.4 is 15.4 Å². The highest BCUT2D eigenvalue weighted by atomic mass is 32.2. The summed E-state index contributed by atoms with van der Waals surface area (Å²) in [4.78, 5) is 13.2. The summed E-state index contributed by atoms with van der Waals surface area (Å²) in [5.74, 6) is -3.18. The van der Waals surface area contributed by atoms with E-state index in [1.165, 1.54) is 23.5 Å². The van der Waals surface area contributed by atoms with Gasteiger partial charge in [0.1, 0.15) is 21.5 Å². The maximum absolute atomic E-state index is 16.2. The summed E-state index contributed by atoms with van der Waals surface area (Å²) in [6.45, 7) is 3.64. The van der Waals surface area contributed by atoms with Crippen molar-refractivity contribution in [3.8, 4) is 21.8 Å². The first kappa shape index (κ1) is 32.3. The number of halogens is 3. The van der Waals surface area contributed by atoms with Crippen LogP contribution in [-0.2, 0) is 25.3 Å². The van der Waals surface area contributed by atoms with Gasteiger partial charge in [-0.25, -0.2) is 45.0 Å². The van der Waals surface area contributed by atoms with Crippen molar-refractivity contribution in [2.24, 2.45) is 0 Å². The molecule has 16 heteroatoms. The van der Waals surface area contributed by atoms with Crippen molar-refractivity contribution in [1.82, 2.24) is 20.3 Å². The van der Waals surface area contributed by atoms with Crippen LogP contribution in [0.15, 0.2) is 53.6 Å². The minimum absolute atomic E-state index is 0.0325. The van der Waals surface area contributed by atoms with E-state index in [1.54, 1.807) is 12.3 Å². The van der Waals surface area contributed by atoms with Gasteiger partial charge in [-0.2, -0.15) is 0 Å². The first-order valence-corrected chi connectivity index (χ1v) is 18.8. The van der Waals surface area contributed by atoms with Crippen LogP contribution in [0, 0.1) is 17.5 Å². The average molecular weight is 693 g/mol. The number of anilines is 2. The molecule has 0 amide bonds. The summed E-state index contributed by atoms with van der Waals surface area (Å²) in [7, 11) is -7.89. The molecule has 6 rings (SSSR count). The second kappa shape index (κ2) is 12.5. The molecule has 244 valence electrons. The molecule has 0 atom stereocenters. The fraction of sp³-hybridized carbons (Fsp3) is 0.367. The summed E-state index contributed by atoms with van der Waals surface area (Å²) in [5.41, 5.74) is -0.191. The predicted octanol–water partition coefficient (Wildman–Crippen LogP) is 5.12. The van der Waals surface area contributed by atoms with E-state index in [9.17, 15) is 25.6 Å². The number of nitrogens with one attached hydrogen (secondary N) is 3. The average Bonchev–Trinajstić information content (AvgIpc) is 3.46. The lowest BCUT2D eigenvalue weighted by molar-refractivity contribution is 0.334. The van der Waals surface area contributed by atoms with Crippen molar-refractivity contribution >= 4 is 42.8 Å². The maximum atomic E-state index is 16.2. The number of hydrogen-bond acceptors (Lipinski definition) is 10. The topological polar surface area (TPSA) is 143 Å². The van der Waals surface area contributed by atoms with Crippen LogP contribution in [0.2, 0.25) is 0 Å². The van der Waals surface area contributed by atoms with E-state index >= 15 is 4.39 Å². The molecule has 0 unspecified atom stereocenters. The fourth-order valence-corrected chi connectivity index (χ4v) is 9.57. The van der Waals surface area contributed by atoms with Crippen molar-refractivity contribution < 1.29 is 30.0 Å². The van der Waals surface area contributed by atoms with E-state index in [1.807, 2.05) is 4.72 Å². The first-order chi connectivity index (χ1) is 21.9. The Morgan fingerprint density at radius 1 is 0.978 bits per heavy atom. The molecule has 3 N–H and O–H groups in total. The Hall–Kier alpha value is -3.60. The molecule has 10 nitrogen and oxygen atoms in total. The fourth-order valence-electron chi connectivity index (χ4n) is 5.63. The summed E-state index contributed by atoms with van der Waals surface area (Å²) in [6, 6.07) is 8.19. The number of piperidine rings is 1. The molecule has 2 aliphatic heterocycles. The molecule has 0 spiro atoms. The van der Waals surface area contributed by atoms with E-state index in [4.69, 9.17) is 4.98 Å². The van der Waals surface area contributed by atoms with Crippen LogP contribution in [0.4, 0.5) is 24.8 Å². The van der Waals surface area contributed by atoms with Gasteiger partial charge in [0.15, 0.2) is 10.7 Å². The van der Waals surface area contributed by atoms with Gasteiger partial charge < -0.3 is 10.6 Å². The van der Waals surface area contributed by atoms with Crippen LogP contribution in [-0.4, -0.2) is 62.4 Å². The SMILES string of the molecule is CC1(c2nc(-c3cccc(NS(=O)(=O)c4c(F)cccc4F)c3F)c(-c3ccnc(NC4CCS(=O)(=O)CC4)n3)s2)CCNCC1. The Kier molecular flexibility index (Phi) is 8.82. The Labute approximate surface area is 268 Å². The number of rotatable bonds is 8. The second-order valence-corrected chi connectivity index (χ2v) is 16.6. The molecule has 0 bridgehead atoms. The van der Waals surface area contributed by atoms with Gasteiger partial charge in [0, 0.05) is 23.2 Å². The van der Waals surface area contributed by atoms with E-state index in [0.717, 1.165) is 55.2 Å². The highest BCUT2D eigenvalue weighted by molar-refractivity contribution is 7.92. The third-order valence-corrected chi connectivity index (χ3v) is 12.8. The lowest BCUT2D eigenvalue weighted by Crippen LogP contribution is -2.37. The lowest BCUT2D eigenvalue weighted by Gasteiger charge is -2.32. The van der Waals surface area contributed by atoms with Gasteiger partial charge in [0.2, 0.25) is 5.95 Å². The Morgan fingerprint density at radius 2 is 1.65 bits per heavy atom. The van der Waals surface area contributed by atoms with Gasteiger partial charge >= 0.3 is 0 Å².